The molecule has 1 saturated carbocycles. The summed E-state index contributed by atoms with van der Waals surface area (Å²) in [4.78, 5) is 14.0. The minimum atomic E-state index is -0.188. The van der Waals surface area contributed by atoms with Gasteiger partial charge in [-0.25, -0.2) is 0 Å². The van der Waals surface area contributed by atoms with Gasteiger partial charge in [0.15, 0.2) is 0 Å². The monoisotopic (exact) mass is 287 g/mol. The molecule has 0 radical (unpaired) electrons. The van der Waals surface area contributed by atoms with E-state index in [1.807, 2.05) is 0 Å². The lowest BCUT2D eigenvalue weighted by atomic mass is 9.80. The van der Waals surface area contributed by atoms with Gasteiger partial charge in [-0.2, -0.15) is 0 Å². The number of amides is 1. The zero-order chi connectivity index (χ0) is 14.7. The molecule has 2 aliphatic rings. The molecule has 1 heterocycles. The molecule has 3 N–H and O–H groups in total. The first-order valence-corrected chi connectivity index (χ1v) is 8.06. The number of nitrogens with one attached hydrogen (secondary N) is 1. The summed E-state index contributed by atoms with van der Waals surface area (Å²) in [5.74, 6) is 0.491. The standard InChI is InChI=1S/C17H25N3O/c18-17(21)16-12-19-10-11-20(16)15-8-6-14(7-9-15)13-4-2-1-3-5-13/h1-5,14-16,19H,6-12H2,(H2,18,21). The molecule has 1 amide bonds. The van der Waals surface area contributed by atoms with E-state index in [0.717, 1.165) is 13.1 Å². The fourth-order valence-electron chi connectivity index (χ4n) is 3.89. The summed E-state index contributed by atoms with van der Waals surface area (Å²) in [5.41, 5.74) is 7.02. The van der Waals surface area contributed by atoms with Gasteiger partial charge in [0, 0.05) is 25.7 Å². The summed E-state index contributed by atoms with van der Waals surface area (Å²) < 4.78 is 0. The number of primary amides is 1. The third kappa shape index (κ3) is 3.27. The Labute approximate surface area is 126 Å². The minimum Gasteiger partial charge on any atom is -0.368 e. The molecule has 4 nitrogen and oxygen atoms in total. The largest absolute Gasteiger partial charge is 0.368 e. The number of piperazine rings is 1. The number of hydrogen-bond donors (Lipinski definition) is 2. The van der Waals surface area contributed by atoms with Gasteiger partial charge in [-0.1, -0.05) is 30.3 Å². The van der Waals surface area contributed by atoms with Crippen LogP contribution in [-0.4, -0.2) is 42.5 Å². The third-order valence-corrected chi connectivity index (χ3v) is 5.05. The number of carbonyl (C=O) groups is 1. The van der Waals surface area contributed by atoms with E-state index >= 15 is 0 Å². The van der Waals surface area contributed by atoms with Crippen LogP contribution in [-0.2, 0) is 4.79 Å². The zero-order valence-electron chi connectivity index (χ0n) is 12.5. The highest BCUT2D eigenvalue weighted by Crippen LogP contribution is 2.35. The summed E-state index contributed by atoms with van der Waals surface area (Å²) in [6.45, 7) is 2.60. The fraction of sp³-hybridized carbons (Fsp3) is 0.588. The lowest BCUT2D eigenvalue weighted by Gasteiger charge is -2.43. The first kappa shape index (κ1) is 14.5. The molecular formula is C17H25N3O. The van der Waals surface area contributed by atoms with Gasteiger partial charge in [0.05, 0.1) is 0 Å². The number of carbonyl (C=O) groups excluding carboxylic acids is 1. The van der Waals surface area contributed by atoms with E-state index < -0.39 is 0 Å². The van der Waals surface area contributed by atoms with Gasteiger partial charge in [-0.15, -0.1) is 0 Å². The van der Waals surface area contributed by atoms with Crippen LogP contribution in [0, 0.1) is 0 Å². The van der Waals surface area contributed by atoms with Gasteiger partial charge in [-0.05, 0) is 37.2 Å². The van der Waals surface area contributed by atoms with Crippen molar-refractivity contribution < 1.29 is 4.79 Å². The van der Waals surface area contributed by atoms with Crippen molar-refractivity contribution in [1.29, 1.82) is 0 Å². The maximum atomic E-state index is 11.6. The molecule has 1 saturated heterocycles. The van der Waals surface area contributed by atoms with Crippen LogP contribution in [0.3, 0.4) is 0 Å². The topological polar surface area (TPSA) is 58.4 Å². The number of nitrogens with two attached hydrogens (primary N) is 1. The van der Waals surface area contributed by atoms with E-state index in [2.05, 4.69) is 40.5 Å². The molecule has 0 bridgehead atoms. The Bertz CT molecular complexity index is 468. The molecule has 1 aromatic rings. The van der Waals surface area contributed by atoms with E-state index in [1.165, 1.54) is 31.2 Å². The molecule has 3 rings (SSSR count). The normalized spacial score (nSPS) is 31.0. The van der Waals surface area contributed by atoms with Crippen molar-refractivity contribution in [3.63, 3.8) is 0 Å². The molecule has 21 heavy (non-hydrogen) atoms. The molecule has 1 aromatic carbocycles. The summed E-state index contributed by atoms with van der Waals surface area (Å²) >= 11 is 0. The predicted molar refractivity (Wildman–Crippen MR) is 84.0 cm³/mol. The van der Waals surface area contributed by atoms with Crippen molar-refractivity contribution in [2.45, 2.75) is 43.7 Å². The summed E-state index contributed by atoms with van der Waals surface area (Å²) in [6.07, 6.45) is 4.76. The van der Waals surface area contributed by atoms with Gasteiger partial charge in [0.25, 0.3) is 0 Å². The van der Waals surface area contributed by atoms with Crippen molar-refractivity contribution in [3.05, 3.63) is 35.9 Å². The van der Waals surface area contributed by atoms with Crippen LogP contribution in [0.5, 0.6) is 0 Å². The van der Waals surface area contributed by atoms with Gasteiger partial charge in [-0.3, -0.25) is 9.69 Å². The molecule has 1 aliphatic carbocycles. The lowest BCUT2D eigenvalue weighted by molar-refractivity contribution is -0.125. The van der Waals surface area contributed by atoms with Gasteiger partial charge in [0.2, 0.25) is 5.91 Å². The molecule has 1 atom stereocenters. The number of benzene rings is 1. The first-order valence-electron chi connectivity index (χ1n) is 8.06. The van der Waals surface area contributed by atoms with Crippen molar-refractivity contribution >= 4 is 5.91 Å². The maximum absolute atomic E-state index is 11.6. The van der Waals surface area contributed by atoms with Crippen molar-refractivity contribution in [2.75, 3.05) is 19.6 Å². The first-order chi connectivity index (χ1) is 10.3. The quantitative estimate of drug-likeness (QED) is 0.885. The predicted octanol–water partition coefficient (Wildman–Crippen LogP) is 1.47. The van der Waals surface area contributed by atoms with Crippen molar-refractivity contribution in [3.8, 4) is 0 Å². The van der Waals surface area contributed by atoms with Crippen molar-refractivity contribution in [2.24, 2.45) is 5.73 Å². The Morgan fingerprint density at radius 2 is 1.86 bits per heavy atom. The molecule has 1 unspecified atom stereocenters. The molecule has 0 aromatic heterocycles. The molecule has 114 valence electrons. The summed E-state index contributed by atoms with van der Waals surface area (Å²) in [6, 6.07) is 11.2. The maximum Gasteiger partial charge on any atom is 0.236 e. The molecule has 1 aliphatic heterocycles. The van der Waals surface area contributed by atoms with Gasteiger partial charge in [0.1, 0.15) is 6.04 Å². The smallest absolute Gasteiger partial charge is 0.236 e. The van der Waals surface area contributed by atoms with Gasteiger partial charge < -0.3 is 11.1 Å². The van der Waals surface area contributed by atoms with E-state index in [9.17, 15) is 4.79 Å². The SMILES string of the molecule is NC(=O)C1CNCCN1C1CCC(c2ccccc2)CC1. The second-order valence-corrected chi connectivity index (χ2v) is 6.28. The van der Waals surface area contributed by atoms with Crippen LogP contribution < -0.4 is 11.1 Å². The zero-order valence-corrected chi connectivity index (χ0v) is 12.5. The number of nitrogens with zero attached hydrogens (tertiary/aromatic N) is 1. The Morgan fingerprint density at radius 1 is 1.14 bits per heavy atom. The Kier molecular flexibility index (Phi) is 4.56. The van der Waals surface area contributed by atoms with Crippen LogP contribution in [0.15, 0.2) is 30.3 Å². The van der Waals surface area contributed by atoms with Gasteiger partial charge >= 0.3 is 0 Å². The van der Waals surface area contributed by atoms with E-state index in [4.69, 9.17) is 5.73 Å². The van der Waals surface area contributed by atoms with Crippen LogP contribution in [0.4, 0.5) is 0 Å². The summed E-state index contributed by atoms with van der Waals surface area (Å²) in [5, 5.41) is 3.28. The highest BCUT2D eigenvalue weighted by Gasteiger charge is 2.34. The molecule has 4 heteroatoms. The van der Waals surface area contributed by atoms with E-state index in [0.29, 0.717) is 18.5 Å². The molecule has 2 fully saturated rings. The van der Waals surface area contributed by atoms with Crippen LogP contribution >= 0.6 is 0 Å². The average molecular weight is 287 g/mol. The second kappa shape index (κ2) is 6.58. The fourth-order valence-corrected chi connectivity index (χ4v) is 3.89. The highest BCUT2D eigenvalue weighted by atomic mass is 16.1. The Hall–Kier alpha value is -1.39. The molecule has 0 spiro atoms. The minimum absolute atomic E-state index is 0.128. The van der Waals surface area contributed by atoms with E-state index in [1.54, 1.807) is 0 Å². The lowest BCUT2D eigenvalue weighted by Crippen LogP contribution is -2.60. The average Bonchev–Trinajstić information content (AvgIpc) is 2.56. The van der Waals surface area contributed by atoms with Crippen LogP contribution in [0.25, 0.3) is 0 Å². The van der Waals surface area contributed by atoms with Crippen LogP contribution in [0.2, 0.25) is 0 Å². The second-order valence-electron chi connectivity index (χ2n) is 6.28. The summed E-state index contributed by atoms with van der Waals surface area (Å²) in [7, 11) is 0. The van der Waals surface area contributed by atoms with Crippen molar-refractivity contribution in [1.82, 2.24) is 10.2 Å². The molecular weight excluding hydrogens is 262 g/mol. The number of hydrogen-bond acceptors (Lipinski definition) is 3. The number of rotatable bonds is 3. The Morgan fingerprint density at radius 3 is 2.52 bits per heavy atom. The van der Waals surface area contributed by atoms with E-state index in [-0.39, 0.29) is 11.9 Å². The highest BCUT2D eigenvalue weighted by molar-refractivity contribution is 5.80. The Balaban J connectivity index is 1.61. The third-order valence-electron chi connectivity index (χ3n) is 5.05. The van der Waals surface area contributed by atoms with Crippen LogP contribution in [0.1, 0.15) is 37.2 Å².